The van der Waals surface area contributed by atoms with Crippen LogP contribution in [0.1, 0.15) is 31.9 Å². The highest BCUT2D eigenvalue weighted by Crippen LogP contribution is 2.20. The third-order valence-corrected chi connectivity index (χ3v) is 2.78. The Morgan fingerprint density at radius 2 is 1.59 bits per heavy atom. The Bertz CT molecular complexity index is 553. The fraction of sp³-hybridized carbons (Fsp3) is 0.438. The third kappa shape index (κ3) is 5.95. The van der Waals surface area contributed by atoms with Crippen molar-refractivity contribution in [3.05, 3.63) is 29.3 Å². The number of hydrogen-bond acceptors (Lipinski definition) is 5. The first-order valence-electron chi connectivity index (χ1n) is 7.16. The predicted molar refractivity (Wildman–Crippen MR) is 81.4 cm³/mol. The van der Waals surface area contributed by atoms with Gasteiger partial charge in [-0.15, -0.1) is 0 Å². The van der Waals surface area contributed by atoms with Crippen molar-refractivity contribution >= 4 is 23.5 Å². The molecule has 6 heteroatoms. The van der Waals surface area contributed by atoms with Crippen molar-refractivity contribution in [3.63, 3.8) is 0 Å². The third-order valence-electron chi connectivity index (χ3n) is 2.78. The van der Waals surface area contributed by atoms with E-state index < -0.39 is 0 Å². The standard InChI is InChI=1S/C16H21NO5/c1-4-21-15(19)9-12-6-7-13(10-16(20)22-5-2)14(8-12)17-11(3)18/h6-8H,4-5,9-10H2,1-3H3,(H,17,18). The van der Waals surface area contributed by atoms with Crippen LogP contribution in [0.4, 0.5) is 5.69 Å². The zero-order chi connectivity index (χ0) is 16.5. The SMILES string of the molecule is CCOC(=O)Cc1ccc(CC(=O)OCC)c(NC(C)=O)c1. The van der Waals surface area contributed by atoms with Gasteiger partial charge in [-0.05, 0) is 31.0 Å². The van der Waals surface area contributed by atoms with Crippen LogP contribution < -0.4 is 5.32 Å². The number of carbonyl (C=O) groups is 3. The fourth-order valence-corrected chi connectivity index (χ4v) is 1.94. The second-order valence-electron chi connectivity index (χ2n) is 4.64. The van der Waals surface area contributed by atoms with Gasteiger partial charge in [0.2, 0.25) is 5.91 Å². The molecule has 0 saturated carbocycles. The van der Waals surface area contributed by atoms with Crippen LogP contribution in [0.3, 0.4) is 0 Å². The van der Waals surface area contributed by atoms with E-state index in [1.165, 1.54) is 6.92 Å². The summed E-state index contributed by atoms with van der Waals surface area (Å²) in [4.78, 5) is 34.4. The van der Waals surface area contributed by atoms with Gasteiger partial charge in [0, 0.05) is 12.6 Å². The summed E-state index contributed by atoms with van der Waals surface area (Å²) in [5, 5.41) is 2.67. The second kappa shape index (κ2) is 8.81. The highest BCUT2D eigenvalue weighted by atomic mass is 16.5. The molecule has 0 atom stereocenters. The van der Waals surface area contributed by atoms with Gasteiger partial charge < -0.3 is 14.8 Å². The van der Waals surface area contributed by atoms with Gasteiger partial charge in [-0.3, -0.25) is 14.4 Å². The predicted octanol–water partition coefficient (Wildman–Crippen LogP) is 1.86. The zero-order valence-corrected chi connectivity index (χ0v) is 13.1. The van der Waals surface area contributed by atoms with Gasteiger partial charge in [-0.25, -0.2) is 0 Å². The van der Waals surface area contributed by atoms with E-state index in [9.17, 15) is 14.4 Å². The van der Waals surface area contributed by atoms with E-state index in [0.29, 0.717) is 30.0 Å². The van der Waals surface area contributed by atoms with E-state index >= 15 is 0 Å². The summed E-state index contributed by atoms with van der Waals surface area (Å²) in [5.74, 6) is -0.958. The van der Waals surface area contributed by atoms with Crippen molar-refractivity contribution in [3.8, 4) is 0 Å². The Balaban J connectivity index is 2.94. The van der Waals surface area contributed by atoms with Crippen LogP contribution in [0, 0.1) is 0 Å². The molecule has 1 aromatic carbocycles. The molecule has 22 heavy (non-hydrogen) atoms. The first kappa shape index (κ1) is 17.7. The summed E-state index contributed by atoms with van der Waals surface area (Å²) in [6.45, 7) is 5.47. The summed E-state index contributed by atoms with van der Waals surface area (Å²) in [5.41, 5.74) is 1.85. The smallest absolute Gasteiger partial charge is 0.310 e. The quantitative estimate of drug-likeness (QED) is 0.778. The van der Waals surface area contributed by atoms with Gasteiger partial charge >= 0.3 is 11.9 Å². The summed E-state index contributed by atoms with van der Waals surface area (Å²) < 4.78 is 9.80. The number of carbonyl (C=O) groups excluding carboxylic acids is 3. The summed E-state index contributed by atoms with van der Waals surface area (Å²) in [6, 6.07) is 5.11. The molecule has 6 nitrogen and oxygen atoms in total. The van der Waals surface area contributed by atoms with Crippen LogP contribution in [-0.2, 0) is 36.7 Å². The minimum Gasteiger partial charge on any atom is -0.466 e. The molecule has 0 radical (unpaired) electrons. The van der Waals surface area contributed by atoms with Crippen LogP contribution in [-0.4, -0.2) is 31.1 Å². The van der Waals surface area contributed by atoms with E-state index in [0.717, 1.165) is 0 Å². The van der Waals surface area contributed by atoms with E-state index in [-0.39, 0.29) is 30.7 Å². The van der Waals surface area contributed by atoms with Gasteiger partial charge in [0.05, 0.1) is 26.1 Å². The molecule has 1 aromatic rings. The highest BCUT2D eigenvalue weighted by molar-refractivity contribution is 5.91. The lowest BCUT2D eigenvalue weighted by molar-refractivity contribution is -0.143. The number of benzene rings is 1. The summed E-state index contributed by atoms with van der Waals surface area (Å²) in [7, 11) is 0. The van der Waals surface area contributed by atoms with Crippen LogP contribution >= 0.6 is 0 Å². The summed E-state index contributed by atoms with van der Waals surface area (Å²) in [6.07, 6.45) is 0.170. The number of ether oxygens (including phenoxy) is 2. The van der Waals surface area contributed by atoms with E-state index in [2.05, 4.69) is 5.32 Å². The van der Waals surface area contributed by atoms with Crippen molar-refractivity contribution in [2.45, 2.75) is 33.6 Å². The van der Waals surface area contributed by atoms with Gasteiger partial charge in [0.1, 0.15) is 0 Å². The molecule has 1 amide bonds. The minimum absolute atomic E-state index is 0.0587. The number of hydrogen-bond donors (Lipinski definition) is 1. The number of esters is 2. The first-order chi connectivity index (χ1) is 10.5. The lowest BCUT2D eigenvalue weighted by Gasteiger charge is -2.12. The Labute approximate surface area is 129 Å². The molecule has 1 rings (SSSR count). The highest BCUT2D eigenvalue weighted by Gasteiger charge is 2.12. The van der Waals surface area contributed by atoms with E-state index in [1.807, 2.05) is 0 Å². The number of rotatable bonds is 7. The van der Waals surface area contributed by atoms with Crippen molar-refractivity contribution in [1.82, 2.24) is 0 Å². The molecule has 0 aromatic heterocycles. The molecule has 0 aliphatic carbocycles. The Morgan fingerprint density at radius 1 is 1.00 bits per heavy atom. The fourth-order valence-electron chi connectivity index (χ4n) is 1.94. The molecule has 0 aliphatic heterocycles. The van der Waals surface area contributed by atoms with Gasteiger partial charge in [0.15, 0.2) is 0 Å². The maximum absolute atomic E-state index is 11.6. The average Bonchev–Trinajstić information content (AvgIpc) is 2.41. The molecule has 0 bridgehead atoms. The molecule has 1 N–H and O–H groups in total. The van der Waals surface area contributed by atoms with Crippen molar-refractivity contribution in [2.24, 2.45) is 0 Å². The van der Waals surface area contributed by atoms with Crippen LogP contribution in [0.2, 0.25) is 0 Å². The largest absolute Gasteiger partial charge is 0.466 e. The molecule has 0 aliphatic rings. The molecule has 0 saturated heterocycles. The normalized spacial score (nSPS) is 9.95. The van der Waals surface area contributed by atoms with E-state index in [1.54, 1.807) is 32.0 Å². The van der Waals surface area contributed by atoms with Crippen molar-refractivity contribution < 1.29 is 23.9 Å². The van der Waals surface area contributed by atoms with E-state index in [4.69, 9.17) is 9.47 Å². The Morgan fingerprint density at radius 3 is 2.14 bits per heavy atom. The monoisotopic (exact) mass is 307 g/mol. The van der Waals surface area contributed by atoms with Crippen LogP contribution in [0.15, 0.2) is 18.2 Å². The zero-order valence-electron chi connectivity index (χ0n) is 13.1. The number of anilines is 1. The van der Waals surface area contributed by atoms with Gasteiger partial charge in [-0.1, -0.05) is 12.1 Å². The van der Waals surface area contributed by atoms with Crippen molar-refractivity contribution in [2.75, 3.05) is 18.5 Å². The lowest BCUT2D eigenvalue weighted by Crippen LogP contribution is -2.14. The van der Waals surface area contributed by atoms with Gasteiger partial charge in [-0.2, -0.15) is 0 Å². The topological polar surface area (TPSA) is 81.7 Å². The molecular weight excluding hydrogens is 286 g/mol. The maximum atomic E-state index is 11.6. The maximum Gasteiger partial charge on any atom is 0.310 e. The molecule has 0 fully saturated rings. The molecule has 0 spiro atoms. The molecule has 120 valence electrons. The minimum atomic E-state index is -0.368. The molecule has 0 heterocycles. The van der Waals surface area contributed by atoms with Crippen LogP contribution in [0.25, 0.3) is 0 Å². The molecular formula is C16H21NO5. The Hall–Kier alpha value is -2.37. The number of amides is 1. The number of nitrogens with one attached hydrogen (secondary N) is 1. The lowest BCUT2D eigenvalue weighted by atomic mass is 10.0. The summed E-state index contributed by atoms with van der Waals surface area (Å²) >= 11 is 0. The Kier molecular flexibility index (Phi) is 7.08. The van der Waals surface area contributed by atoms with Gasteiger partial charge in [0.25, 0.3) is 0 Å². The first-order valence-corrected chi connectivity index (χ1v) is 7.16. The second-order valence-corrected chi connectivity index (χ2v) is 4.64. The molecule has 0 unspecified atom stereocenters. The van der Waals surface area contributed by atoms with Crippen LogP contribution in [0.5, 0.6) is 0 Å². The van der Waals surface area contributed by atoms with Crippen molar-refractivity contribution in [1.29, 1.82) is 0 Å². The average molecular weight is 307 g/mol.